The fourth-order valence-corrected chi connectivity index (χ4v) is 3.44. The third kappa shape index (κ3) is 5.08. The zero-order chi connectivity index (χ0) is 15.1. The highest BCUT2D eigenvalue weighted by atomic mass is 15.1. The van der Waals surface area contributed by atoms with Gasteiger partial charge in [0.15, 0.2) is 0 Å². The Morgan fingerprint density at radius 2 is 1.90 bits per heavy atom. The summed E-state index contributed by atoms with van der Waals surface area (Å²) in [5, 5.41) is 3.68. The van der Waals surface area contributed by atoms with Crippen LogP contribution in [0.3, 0.4) is 0 Å². The molecule has 1 aliphatic rings. The second kappa shape index (κ2) is 7.90. The first-order valence-corrected chi connectivity index (χ1v) is 8.48. The van der Waals surface area contributed by atoms with Crippen molar-refractivity contribution in [3.05, 3.63) is 30.1 Å². The summed E-state index contributed by atoms with van der Waals surface area (Å²) in [6, 6.07) is 4.85. The maximum absolute atomic E-state index is 4.12. The number of aromatic nitrogens is 1. The highest BCUT2D eigenvalue weighted by molar-refractivity contribution is 5.09. The van der Waals surface area contributed by atoms with Crippen LogP contribution in [-0.2, 0) is 6.54 Å². The van der Waals surface area contributed by atoms with Crippen LogP contribution in [0, 0.1) is 5.41 Å². The summed E-state index contributed by atoms with van der Waals surface area (Å²) in [7, 11) is 0. The highest BCUT2D eigenvalue weighted by Crippen LogP contribution is 2.38. The summed E-state index contributed by atoms with van der Waals surface area (Å²) >= 11 is 0. The van der Waals surface area contributed by atoms with Crippen molar-refractivity contribution in [2.24, 2.45) is 5.41 Å². The number of nitrogens with zero attached hydrogens (tertiary/aromatic N) is 2. The van der Waals surface area contributed by atoms with Crippen molar-refractivity contribution < 1.29 is 0 Å². The predicted octanol–water partition coefficient (Wildman–Crippen LogP) is 3.46. The van der Waals surface area contributed by atoms with Gasteiger partial charge < -0.3 is 5.32 Å². The van der Waals surface area contributed by atoms with Crippen LogP contribution >= 0.6 is 0 Å². The van der Waals surface area contributed by atoms with E-state index in [1.165, 1.54) is 37.8 Å². The average Bonchev–Trinajstić information content (AvgIpc) is 2.94. The normalized spacial score (nSPS) is 17.8. The standard InChI is InChI=1S/C18H31N3/c1-4-21(13-17-7-11-19-12-8-17)15-18(9-5-6-10-18)14-20-16(2)3/h7-8,11-12,16,20H,4-6,9-10,13-15H2,1-3H3. The molecule has 1 fully saturated rings. The van der Waals surface area contributed by atoms with E-state index < -0.39 is 0 Å². The van der Waals surface area contributed by atoms with Crippen LogP contribution in [0.4, 0.5) is 0 Å². The third-order valence-electron chi connectivity index (χ3n) is 4.71. The molecule has 2 rings (SSSR count). The quantitative estimate of drug-likeness (QED) is 0.794. The molecule has 1 aliphatic carbocycles. The molecule has 1 N–H and O–H groups in total. The van der Waals surface area contributed by atoms with Crippen molar-refractivity contribution in [2.75, 3.05) is 19.6 Å². The van der Waals surface area contributed by atoms with Crippen molar-refractivity contribution in [3.63, 3.8) is 0 Å². The molecule has 3 heteroatoms. The molecular weight excluding hydrogens is 258 g/mol. The van der Waals surface area contributed by atoms with Gasteiger partial charge >= 0.3 is 0 Å². The fourth-order valence-electron chi connectivity index (χ4n) is 3.44. The molecule has 0 aromatic carbocycles. The Bertz CT molecular complexity index is 396. The predicted molar refractivity (Wildman–Crippen MR) is 89.2 cm³/mol. The van der Waals surface area contributed by atoms with Crippen LogP contribution in [0.25, 0.3) is 0 Å². The van der Waals surface area contributed by atoms with Crippen molar-refractivity contribution >= 4 is 0 Å². The molecule has 1 aromatic heterocycles. The summed E-state index contributed by atoms with van der Waals surface area (Å²) in [5.41, 5.74) is 1.85. The topological polar surface area (TPSA) is 28.2 Å². The number of nitrogens with one attached hydrogen (secondary N) is 1. The van der Waals surface area contributed by atoms with Gasteiger partial charge in [0.25, 0.3) is 0 Å². The van der Waals surface area contributed by atoms with Crippen LogP contribution in [0.2, 0.25) is 0 Å². The van der Waals surface area contributed by atoms with Gasteiger partial charge in [-0.3, -0.25) is 9.88 Å². The molecule has 0 unspecified atom stereocenters. The molecule has 0 saturated heterocycles. The Labute approximate surface area is 130 Å². The zero-order valence-corrected chi connectivity index (χ0v) is 13.9. The lowest BCUT2D eigenvalue weighted by atomic mass is 9.85. The number of hydrogen-bond acceptors (Lipinski definition) is 3. The maximum Gasteiger partial charge on any atom is 0.0271 e. The van der Waals surface area contributed by atoms with E-state index in [0.717, 1.165) is 19.6 Å². The van der Waals surface area contributed by atoms with Crippen LogP contribution in [0.1, 0.15) is 52.0 Å². The molecule has 0 aliphatic heterocycles. The first-order chi connectivity index (χ1) is 10.1. The molecule has 3 nitrogen and oxygen atoms in total. The van der Waals surface area contributed by atoms with E-state index in [9.17, 15) is 0 Å². The minimum atomic E-state index is 0.479. The van der Waals surface area contributed by atoms with Crippen molar-refractivity contribution in [3.8, 4) is 0 Å². The lowest BCUT2D eigenvalue weighted by molar-refractivity contribution is 0.145. The van der Waals surface area contributed by atoms with Gasteiger partial charge in [-0.25, -0.2) is 0 Å². The maximum atomic E-state index is 4.12. The van der Waals surface area contributed by atoms with E-state index in [-0.39, 0.29) is 0 Å². The molecule has 0 amide bonds. The summed E-state index contributed by atoms with van der Waals surface area (Å²) < 4.78 is 0. The molecular formula is C18H31N3. The van der Waals surface area contributed by atoms with Crippen LogP contribution < -0.4 is 5.32 Å². The van der Waals surface area contributed by atoms with Crippen LogP contribution in [0.5, 0.6) is 0 Å². The summed E-state index contributed by atoms with van der Waals surface area (Å²) in [6.07, 6.45) is 9.34. The lowest BCUT2D eigenvalue weighted by Crippen LogP contribution is -2.44. The second-order valence-corrected chi connectivity index (χ2v) is 6.90. The van der Waals surface area contributed by atoms with Gasteiger partial charge in [0.05, 0.1) is 0 Å². The van der Waals surface area contributed by atoms with Crippen molar-refractivity contribution in [2.45, 2.75) is 59.0 Å². The summed E-state index contributed by atoms with van der Waals surface area (Å²) in [5.74, 6) is 0. The second-order valence-electron chi connectivity index (χ2n) is 6.90. The van der Waals surface area contributed by atoms with Crippen LogP contribution in [-0.4, -0.2) is 35.6 Å². The molecule has 1 aromatic rings. The minimum absolute atomic E-state index is 0.479. The molecule has 0 bridgehead atoms. The Morgan fingerprint density at radius 1 is 1.24 bits per heavy atom. The van der Waals surface area contributed by atoms with E-state index in [1.54, 1.807) is 0 Å². The zero-order valence-electron chi connectivity index (χ0n) is 13.9. The van der Waals surface area contributed by atoms with Gasteiger partial charge in [-0.05, 0) is 42.5 Å². The van der Waals surface area contributed by atoms with Crippen LogP contribution in [0.15, 0.2) is 24.5 Å². The summed E-state index contributed by atoms with van der Waals surface area (Å²) in [4.78, 5) is 6.72. The fraction of sp³-hybridized carbons (Fsp3) is 0.722. The van der Waals surface area contributed by atoms with Gasteiger partial charge in [-0.15, -0.1) is 0 Å². The molecule has 0 spiro atoms. The van der Waals surface area contributed by atoms with Crippen molar-refractivity contribution in [1.29, 1.82) is 0 Å². The Morgan fingerprint density at radius 3 is 2.48 bits per heavy atom. The first-order valence-electron chi connectivity index (χ1n) is 8.48. The van der Waals surface area contributed by atoms with E-state index in [1.807, 2.05) is 12.4 Å². The number of hydrogen-bond donors (Lipinski definition) is 1. The minimum Gasteiger partial charge on any atom is -0.314 e. The lowest BCUT2D eigenvalue weighted by Gasteiger charge is -2.36. The molecule has 1 saturated carbocycles. The number of pyridine rings is 1. The molecule has 0 radical (unpaired) electrons. The first kappa shape index (κ1) is 16.4. The largest absolute Gasteiger partial charge is 0.314 e. The van der Waals surface area contributed by atoms with Gasteiger partial charge in [-0.1, -0.05) is 33.6 Å². The summed E-state index contributed by atoms with van der Waals surface area (Å²) in [6.45, 7) is 11.3. The van der Waals surface area contributed by atoms with Crippen molar-refractivity contribution in [1.82, 2.24) is 15.2 Å². The third-order valence-corrected chi connectivity index (χ3v) is 4.71. The molecule has 21 heavy (non-hydrogen) atoms. The molecule has 0 atom stereocenters. The van der Waals surface area contributed by atoms with E-state index >= 15 is 0 Å². The Kier molecular flexibility index (Phi) is 6.19. The van der Waals surface area contributed by atoms with Gasteiger partial charge in [-0.2, -0.15) is 0 Å². The molecule has 118 valence electrons. The average molecular weight is 289 g/mol. The van der Waals surface area contributed by atoms with Gasteiger partial charge in [0.2, 0.25) is 0 Å². The Hall–Kier alpha value is -0.930. The van der Waals surface area contributed by atoms with E-state index in [0.29, 0.717) is 11.5 Å². The Balaban J connectivity index is 1.96. The van der Waals surface area contributed by atoms with Gasteiger partial charge in [0, 0.05) is 38.1 Å². The van der Waals surface area contributed by atoms with Gasteiger partial charge in [0.1, 0.15) is 0 Å². The molecule has 1 heterocycles. The smallest absolute Gasteiger partial charge is 0.0271 e. The monoisotopic (exact) mass is 289 g/mol. The highest BCUT2D eigenvalue weighted by Gasteiger charge is 2.35. The number of rotatable bonds is 8. The van der Waals surface area contributed by atoms with E-state index in [2.05, 4.69) is 48.1 Å². The van der Waals surface area contributed by atoms with E-state index in [4.69, 9.17) is 0 Å². The SMILES string of the molecule is CCN(Cc1ccncc1)CC1(CNC(C)C)CCCC1.